The van der Waals surface area contributed by atoms with Gasteiger partial charge in [0.05, 0.1) is 0 Å². The van der Waals surface area contributed by atoms with Gasteiger partial charge in [0.2, 0.25) is 0 Å². The van der Waals surface area contributed by atoms with Crippen molar-refractivity contribution in [2.24, 2.45) is 0 Å². The summed E-state index contributed by atoms with van der Waals surface area (Å²) in [6.07, 6.45) is 3.89. The van der Waals surface area contributed by atoms with Crippen LogP contribution in [-0.2, 0) is 0 Å². The normalized spacial score (nSPS) is 25.3. The van der Waals surface area contributed by atoms with Crippen LogP contribution in [0.1, 0.15) is 44.6 Å². The molecule has 1 aromatic rings. The molecule has 0 radical (unpaired) electrons. The molecule has 1 heterocycles. The largest absolute Gasteiger partial charge is 0.382 e. The van der Waals surface area contributed by atoms with Crippen LogP contribution >= 0.6 is 0 Å². The Morgan fingerprint density at radius 1 is 1.36 bits per heavy atom. The van der Waals surface area contributed by atoms with E-state index in [0.717, 1.165) is 5.92 Å². The fourth-order valence-electron chi connectivity index (χ4n) is 2.48. The van der Waals surface area contributed by atoms with Crippen molar-refractivity contribution in [3.8, 4) is 0 Å². The molecule has 1 nitrogen and oxygen atoms in total. The van der Waals surface area contributed by atoms with E-state index in [0.29, 0.717) is 6.04 Å². The van der Waals surface area contributed by atoms with Crippen LogP contribution in [-0.4, -0.2) is 6.04 Å². The third-order valence-electron chi connectivity index (χ3n) is 3.08. The monoisotopic (exact) mass is 189 g/mol. The number of anilines is 1. The Hall–Kier alpha value is -0.980. The van der Waals surface area contributed by atoms with E-state index in [2.05, 4.69) is 43.4 Å². The lowest BCUT2D eigenvalue weighted by atomic mass is 9.84. The van der Waals surface area contributed by atoms with Crippen molar-refractivity contribution in [1.29, 1.82) is 0 Å². The van der Waals surface area contributed by atoms with Gasteiger partial charge in [0.1, 0.15) is 0 Å². The van der Waals surface area contributed by atoms with Gasteiger partial charge < -0.3 is 5.32 Å². The Morgan fingerprint density at radius 2 is 2.14 bits per heavy atom. The summed E-state index contributed by atoms with van der Waals surface area (Å²) in [7, 11) is 0. The van der Waals surface area contributed by atoms with Gasteiger partial charge in [-0.2, -0.15) is 0 Å². The molecule has 2 atom stereocenters. The van der Waals surface area contributed by atoms with Crippen molar-refractivity contribution in [1.82, 2.24) is 0 Å². The highest BCUT2D eigenvalue weighted by Gasteiger charge is 2.22. The Balaban J connectivity index is 2.28. The van der Waals surface area contributed by atoms with Crippen LogP contribution in [0.5, 0.6) is 0 Å². The molecule has 1 aromatic carbocycles. The number of rotatable bonds is 2. The average molecular weight is 189 g/mol. The van der Waals surface area contributed by atoms with E-state index in [1.165, 1.54) is 30.5 Å². The molecule has 0 amide bonds. The number of fused-ring (bicyclic) bond motifs is 1. The van der Waals surface area contributed by atoms with Crippen molar-refractivity contribution >= 4 is 5.69 Å². The zero-order valence-electron chi connectivity index (χ0n) is 9.09. The van der Waals surface area contributed by atoms with Crippen LogP contribution in [0.25, 0.3) is 0 Å². The van der Waals surface area contributed by atoms with Crippen LogP contribution in [0, 0.1) is 0 Å². The van der Waals surface area contributed by atoms with Crippen LogP contribution < -0.4 is 5.32 Å². The maximum Gasteiger partial charge on any atom is 0.0377 e. The highest BCUT2D eigenvalue weighted by molar-refractivity contribution is 5.55. The van der Waals surface area contributed by atoms with Crippen molar-refractivity contribution in [3.05, 3.63) is 29.8 Å². The first-order valence-corrected chi connectivity index (χ1v) is 5.66. The summed E-state index contributed by atoms with van der Waals surface area (Å²) >= 11 is 0. The molecule has 0 spiro atoms. The highest BCUT2D eigenvalue weighted by atomic mass is 14.9. The minimum Gasteiger partial charge on any atom is -0.382 e. The summed E-state index contributed by atoms with van der Waals surface area (Å²) < 4.78 is 0. The molecule has 0 saturated carbocycles. The zero-order valence-corrected chi connectivity index (χ0v) is 9.09. The van der Waals surface area contributed by atoms with E-state index >= 15 is 0 Å². The molecule has 0 saturated heterocycles. The first kappa shape index (κ1) is 9.57. The third-order valence-corrected chi connectivity index (χ3v) is 3.08. The quantitative estimate of drug-likeness (QED) is 0.746. The van der Waals surface area contributed by atoms with Crippen molar-refractivity contribution in [2.45, 2.75) is 45.1 Å². The molecule has 1 aliphatic heterocycles. The summed E-state index contributed by atoms with van der Waals surface area (Å²) in [6, 6.07) is 9.37. The van der Waals surface area contributed by atoms with Crippen molar-refractivity contribution < 1.29 is 0 Å². The molecule has 1 aliphatic rings. The van der Waals surface area contributed by atoms with E-state index in [-0.39, 0.29) is 0 Å². The molecule has 0 bridgehead atoms. The molecule has 0 aliphatic carbocycles. The predicted octanol–water partition coefficient (Wildman–Crippen LogP) is 3.77. The maximum atomic E-state index is 3.55. The van der Waals surface area contributed by atoms with Crippen LogP contribution in [0.3, 0.4) is 0 Å². The lowest BCUT2D eigenvalue weighted by Gasteiger charge is -2.31. The predicted molar refractivity (Wildman–Crippen MR) is 61.8 cm³/mol. The number of benzene rings is 1. The summed E-state index contributed by atoms with van der Waals surface area (Å²) in [5.41, 5.74) is 2.87. The highest BCUT2D eigenvalue weighted by Crippen LogP contribution is 2.36. The van der Waals surface area contributed by atoms with Gasteiger partial charge in [-0.15, -0.1) is 0 Å². The first-order valence-electron chi connectivity index (χ1n) is 5.66. The standard InChI is InChI=1S/C13H19N/c1-3-6-11-9-10(2)14-13-8-5-4-7-12(11)13/h4-5,7-8,10-11,14H,3,6,9H2,1-2H3. The van der Waals surface area contributed by atoms with Gasteiger partial charge in [-0.3, -0.25) is 0 Å². The molecule has 2 unspecified atom stereocenters. The van der Waals surface area contributed by atoms with Gasteiger partial charge in [0, 0.05) is 11.7 Å². The van der Waals surface area contributed by atoms with E-state index in [1.807, 2.05) is 0 Å². The van der Waals surface area contributed by atoms with E-state index in [1.54, 1.807) is 0 Å². The summed E-state index contributed by atoms with van der Waals surface area (Å²) in [5, 5.41) is 3.55. The molecule has 76 valence electrons. The fraction of sp³-hybridized carbons (Fsp3) is 0.538. The number of hydrogen-bond donors (Lipinski definition) is 1. The summed E-state index contributed by atoms with van der Waals surface area (Å²) in [4.78, 5) is 0. The SMILES string of the molecule is CCCC1CC(C)Nc2ccccc21. The second kappa shape index (κ2) is 4.04. The van der Waals surface area contributed by atoms with Gasteiger partial charge >= 0.3 is 0 Å². The molecule has 2 rings (SSSR count). The first-order chi connectivity index (χ1) is 6.81. The molecule has 1 heteroatoms. The van der Waals surface area contributed by atoms with Crippen LogP contribution in [0.4, 0.5) is 5.69 Å². The molecule has 0 aromatic heterocycles. The van der Waals surface area contributed by atoms with Gasteiger partial charge in [-0.05, 0) is 37.3 Å². The van der Waals surface area contributed by atoms with Crippen LogP contribution in [0.15, 0.2) is 24.3 Å². The Kier molecular flexibility index (Phi) is 2.76. The molecule has 1 N–H and O–H groups in total. The fourth-order valence-corrected chi connectivity index (χ4v) is 2.48. The van der Waals surface area contributed by atoms with Gasteiger partial charge in [0.15, 0.2) is 0 Å². The maximum absolute atomic E-state index is 3.55. The van der Waals surface area contributed by atoms with Crippen molar-refractivity contribution in [3.63, 3.8) is 0 Å². The van der Waals surface area contributed by atoms with Gasteiger partial charge in [-0.1, -0.05) is 31.5 Å². The molecular weight excluding hydrogens is 170 g/mol. The van der Waals surface area contributed by atoms with E-state index in [9.17, 15) is 0 Å². The van der Waals surface area contributed by atoms with E-state index in [4.69, 9.17) is 0 Å². The molecule has 14 heavy (non-hydrogen) atoms. The van der Waals surface area contributed by atoms with Crippen molar-refractivity contribution in [2.75, 3.05) is 5.32 Å². The van der Waals surface area contributed by atoms with E-state index < -0.39 is 0 Å². The lowest BCUT2D eigenvalue weighted by Crippen LogP contribution is -2.25. The zero-order chi connectivity index (χ0) is 9.97. The number of hydrogen-bond acceptors (Lipinski definition) is 1. The second-order valence-corrected chi connectivity index (χ2v) is 4.35. The van der Waals surface area contributed by atoms with Crippen LogP contribution in [0.2, 0.25) is 0 Å². The second-order valence-electron chi connectivity index (χ2n) is 4.35. The topological polar surface area (TPSA) is 12.0 Å². The Labute approximate surface area is 86.5 Å². The number of nitrogens with one attached hydrogen (secondary N) is 1. The summed E-state index contributed by atoms with van der Waals surface area (Å²) in [5.74, 6) is 0.771. The molecular formula is C13H19N. The minimum atomic E-state index is 0.626. The molecule has 0 fully saturated rings. The Bertz CT molecular complexity index is 306. The smallest absolute Gasteiger partial charge is 0.0377 e. The van der Waals surface area contributed by atoms with Gasteiger partial charge in [-0.25, -0.2) is 0 Å². The lowest BCUT2D eigenvalue weighted by molar-refractivity contribution is 0.516. The Morgan fingerprint density at radius 3 is 2.93 bits per heavy atom. The minimum absolute atomic E-state index is 0.626. The third kappa shape index (κ3) is 1.77. The van der Waals surface area contributed by atoms with Gasteiger partial charge in [0.25, 0.3) is 0 Å². The number of para-hydroxylation sites is 1. The summed E-state index contributed by atoms with van der Waals surface area (Å²) in [6.45, 7) is 4.55. The average Bonchev–Trinajstić information content (AvgIpc) is 2.18.